The Hall–Kier alpha value is -2.82. The molecule has 1 aliphatic heterocycles. The van der Waals surface area contributed by atoms with Crippen molar-refractivity contribution in [1.29, 1.82) is 0 Å². The van der Waals surface area contributed by atoms with Crippen LogP contribution in [0.15, 0.2) is 42.5 Å². The van der Waals surface area contributed by atoms with Crippen LogP contribution < -0.4 is 15.5 Å². The lowest BCUT2D eigenvalue weighted by Crippen LogP contribution is -2.36. The molecule has 0 saturated heterocycles. The van der Waals surface area contributed by atoms with Crippen LogP contribution in [-0.2, 0) is 17.8 Å². The van der Waals surface area contributed by atoms with Crippen LogP contribution in [0.5, 0.6) is 0 Å². The van der Waals surface area contributed by atoms with Gasteiger partial charge < -0.3 is 15.5 Å². The Kier molecular flexibility index (Phi) is 6.49. The van der Waals surface area contributed by atoms with Gasteiger partial charge in [-0.1, -0.05) is 52.0 Å². The van der Waals surface area contributed by atoms with Crippen LogP contribution >= 0.6 is 0 Å². The Morgan fingerprint density at radius 1 is 1.10 bits per heavy atom. The largest absolute Gasteiger partial charge is 0.366 e. The van der Waals surface area contributed by atoms with Gasteiger partial charge in [-0.25, -0.2) is 0 Å². The minimum Gasteiger partial charge on any atom is -0.366 e. The molecule has 1 heterocycles. The monoisotopic (exact) mass is 407 g/mol. The molecule has 3 rings (SSSR count). The van der Waals surface area contributed by atoms with Crippen molar-refractivity contribution in [1.82, 2.24) is 5.32 Å². The third-order valence-corrected chi connectivity index (χ3v) is 5.64. The number of amides is 2. The van der Waals surface area contributed by atoms with E-state index in [0.717, 1.165) is 31.6 Å². The van der Waals surface area contributed by atoms with Crippen molar-refractivity contribution in [3.63, 3.8) is 0 Å². The van der Waals surface area contributed by atoms with Gasteiger partial charge in [-0.2, -0.15) is 0 Å². The van der Waals surface area contributed by atoms with E-state index < -0.39 is 5.41 Å². The van der Waals surface area contributed by atoms with Gasteiger partial charge in [0.15, 0.2) is 0 Å². The third-order valence-electron chi connectivity index (χ3n) is 5.64. The van der Waals surface area contributed by atoms with Gasteiger partial charge in [0.05, 0.1) is 5.56 Å². The van der Waals surface area contributed by atoms with Gasteiger partial charge in [0.1, 0.15) is 0 Å². The molecular formula is C25H33N3O2. The third kappa shape index (κ3) is 5.02. The van der Waals surface area contributed by atoms with E-state index in [1.54, 1.807) is 6.07 Å². The number of hydrogen-bond acceptors (Lipinski definition) is 3. The van der Waals surface area contributed by atoms with Crippen molar-refractivity contribution in [2.24, 2.45) is 5.41 Å². The van der Waals surface area contributed by atoms with E-state index >= 15 is 0 Å². The van der Waals surface area contributed by atoms with Gasteiger partial charge in [0, 0.05) is 35.9 Å². The molecule has 30 heavy (non-hydrogen) atoms. The average molecular weight is 408 g/mol. The number of fused-ring (bicyclic) bond motifs is 1. The first-order valence-electron chi connectivity index (χ1n) is 10.8. The Bertz CT molecular complexity index is 930. The van der Waals surface area contributed by atoms with E-state index in [1.807, 2.05) is 46.8 Å². The molecule has 0 aromatic heterocycles. The molecule has 160 valence electrons. The molecule has 5 nitrogen and oxygen atoms in total. The van der Waals surface area contributed by atoms with Crippen molar-refractivity contribution >= 4 is 23.2 Å². The molecule has 0 fully saturated rings. The maximum Gasteiger partial charge on any atom is 0.253 e. The van der Waals surface area contributed by atoms with Gasteiger partial charge in [-0.3, -0.25) is 9.59 Å². The Labute approximate surface area is 179 Å². The molecular weight excluding hydrogens is 374 g/mol. The summed E-state index contributed by atoms with van der Waals surface area (Å²) >= 11 is 0. The summed E-state index contributed by atoms with van der Waals surface area (Å²) in [7, 11) is 0. The first-order chi connectivity index (χ1) is 14.2. The molecule has 2 aromatic rings. The molecule has 0 radical (unpaired) electrons. The number of hydrogen-bond donors (Lipinski definition) is 2. The summed E-state index contributed by atoms with van der Waals surface area (Å²) < 4.78 is 0. The van der Waals surface area contributed by atoms with Crippen LogP contribution in [0.4, 0.5) is 11.4 Å². The number of carbonyl (C=O) groups is 2. The number of nitrogens with zero attached hydrogens (tertiary/aromatic N) is 1. The normalized spacial score (nSPS) is 14.6. The minimum absolute atomic E-state index is 0.0737. The first kappa shape index (κ1) is 21.9. The van der Waals surface area contributed by atoms with Crippen LogP contribution in [0.25, 0.3) is 0 Å². The second-order valence-corrected chi connectivity index (χ2v) is 9.16. The molecule has 2 amide bonds. The lowest BCUT2D eigenvalue weighted by Gasteiger charge is -2.32. The van der Waals surface area contributed by atoms with Crippen molar-refractivity contribution in [2.75, 3.05) is 16.8 Å². The quantitative estimate of drug-likeness (QED) is 0.751. The Morgan fingerprint density at radius 3 is 2.47 bits per heavy atom. The van der Waals surface area contributed by atoms with E-state index in [-0.39, 0.29) is 17.9 Å². The lowest BCUT2D eigenvalue weighted by molar-refractivity contribution is -0.123. The van der Waals surface area contributed by atoms with Gasteiger partial charge in [0.2, 0.25) is 5.91 Å². The fraction of sp³-hybridized carbons (Fsp3) is 0.440. The molecule has 0 bridgehead atoms. The molecule has 0 aliphatic carbocycles. The summed E-state index contributed by atoms with van der Waals surface area (Å²) in [5, 5.41) is 6.03. The fourth-order valence-electron chi connectivity index (χ4n) is 3.49. The molecule has 2 N–H and O–H groups in total. The minimum atomic E-state index is -0.506. The van der Waals surface area contributed by atoms with Crippen molar-refractivity contribution in [2.45, 2.75) is 60.0 Å². The predicted octanol–water partition coefficient (Wildman–Crippen LogP) is 4.76. The zero-order valence-electron chi connectivity index (χ0n) is 18.7. The Balaban J connectivity index is 1.93. The second kappa shape index (κ2) is 8.90. The lowest BCUT2D eigenvalue weighted by atomic mass is 9.95. The zero-order valence-corrected chi connectivity index (χ0v) is 18.7. The summed E-state index contributed by atoms with van der Waals surface area (Å²) in [6, 6.07) is 14.2. The number of rotatable bonds is 5. The summed E-state index contributed by atoms with van der Waals surface area (Å²) in [6.45, 7) is 11.3. The maximum absolute atomic E-state index is 13.1. The van der Waals surface area contributed by atoms with E-state index in [0.29, 0.717) is 11.3 Å². The highest BCUT2D eigenvalue weighted by Gasteiger charge is 2.24. The number of nitrogens with one attached hydrogen (secondary N) is 2. The topological polar surface area (TPSA) is 61.4 Å². The summed E-state index contributed by atoms with van der Waals surface area (Å²) in [5.41, 5.74) is 4.30. The SMILES string of the molecule is CCC(C)NC(=O)c1cc(NC(=O)C(C)(C)C)ccc1N1CCc2ccccc2C1. The van der Waals surface area contributed by atoms with Gasteiger partial charge >= 0.3 is 0 Å². The molecule has 5 heteroatoms. The number of benzene rings is 2. The second-order valence-electron chi connectivity index (χ2n) is 9.16. The average Bonchev–Trinajstić information content (AvgIpc) is 2.72. The first-order valence-corrected chi connectivity index (χ1v) is 10.8. The maximum atomic E-state index is 13.1. The summed E-state index contributed by atoms with van der Waals surface area (Å²) in [5.74, 6) is -0.180. The van der Waals surface area contributed by atoms with Crippen LogP contribution in [-0.4, -0.2) is 24.4 Å². The molecule has 2 aromatic carbocycles. The number of carbonyl (C=O) groups excluding carboxylic acids is 2. The van der Waals surface area contributed by atoms with E-state index in [2.05, 4.69) is 39.8 Å². The number of anilines is 2. The van der Waals surface area contributed by atoms with Crippen LogP contribution in [0.2, 0.25) is 0 Å². The highest BCUT2D eigenvalue weighted by molar-refractivity contribution is 6.02. The van der Waals surface area contributed by atoms with Crippen LogP contribution in [0, 0.1) is 5.41 Å². The van der Waals surface area contributed by atoms with E-state index in [1.165, 1.54) is 11.1 Å². The molecule has 0 saturated carbocycles. The summed E-state index contributed by atoms with van der Waals surface area (Å²) in [6.07, 6.45) is 1.81. The highest BCUT2D eigenvalue weighted by Crippen LogP contribution is 2.30. The van der Waals surface area contributed by atoms with Crippen molar-refractivity contribution in [3.8, 4) is 0 Å². The van der Waals surface area contributed by atoms with Crippen LogP contribution in [0.1, 0.15) is 62.5 Å². The van der Waals surface area contributed by atoms with Gasteiger partial charge in [-0.05, 0) is 49.1 Å². The van der Waals surface area contributed by atoms with Crippen molar-refractivity contribution < 1.29 is 9.59 Å². The predicted molar refractivity (Wildman–Crippen MR) is 123 cm³/mol. The fourth-order valence-corrected chi connectivity index (χ4v) is 3.49. The zero-order chi connectivity index (χ0) is 21.9. The van der Waals surface area contributed by atoms with Gasteiger partial charge in [0.25, 0.3) is 5.91 Å². The standard InChI is InChI=1S/C25H33N3O2/c1-6-17(2)26-23(29)21-15-20(27-24(30)25(3,4)5)11-12-22(21)28-14-13-18-9-7-8-10-19(18)16-28/h7-12,15,17H,6,13-14,16H2,1-5H3,(H,26,29)(H,27,30). The Morgan fingerprint density at radius 2 is 1.80 bits per heavy atom. The van der Waals surface area contributed by atoms with Gasteiger partial charge in [-0.15, -0.1) is 0 Å². The summed E-state index contributed by atoms with van der Waals surface area (Å²) in [4.78, 5) is 27.8. The van der Waals surface area contributed by atoms with Crippen LogP contribution in [0.3, 0.4) is 0 Å². The van der Waals surface area contributed by atoms with Crippen molar-refractivity contribution in [3.05, 3.63) is 59.2 Å². The van der Waals surface area contributed by atoms with E-state index in [4.69, 9.17) is 0 Å². The molecule has 0 spiro atoms. The smallest absolute Gasteiger partial charge is 0.253 e. The molecule has 1 atom stereocenters. The highest BCUT2D eigenvalue weighted by atomic mass is 16.2. The molecule has 1 aliphatic rings. The van der Waals surface area contributed by atoms with E-state index in [9.17, 15) is 9.59 Å². The molecule has 1 unspecified atom stereocenters.